The van der Waals surface area contributed by atoms with Gasteiger partial charge in [-0.3, -0.25) is 0 Å². The molecule has 0 radical (unpaired) electrons. The van der Waals surface area contributed by atoms with Crippen molar-refractivity contribution in [3.63, 3.8) is 0 Å². The second-order valence-corrected chi connectivity index (χ2v) is 4.69. The fraction of sp³-hybridized carbons (Fsp3) is 0.167. The second-order valence-electron chi connectivity index (χ2n) is 3.84. The molecule has 2 rings (SSSR count). The van der Waals surface area contributed by atoms with E-state index < -0.39 is 11.6 Å². The summed E-state index contributed by atoms with van der Waals surface area (Å²) in [6, 6.07) is 3.79. The fourth-order valence-electron chi connectivity index (χ4n) is 1.50. The van der Waals surface area contributed by atoms with Crippen LogP contribution in [-0.4, -0.2) is 17.0 Å². The molecule has 2 aromatic rings. The first-order chi connectivity index (χ1) is 8.99. The predicted octanol–water partition coefficient (Wildman–Crippen LogP) is 3.61. The summed E-state index contributed by atoms with van der Waals surface area (Å²) in [5.74, 6) is -0.501. The Labute approximate surface area is 117 Å². The Kier molecular flexibility index (Phi) is 3.94. The van der Waals surface area contributed by atoms with Gasteiger partial charge in [0.1, 0.15) is 17.5 Å². The summed E-state index contributed by atoms with van der Waals surface area (Å²) in [7, 11) is 1.69. The number of hydrogen-bond donors (Lipinski definition) is 2. The number of aromatic nitrogens is 2. The summed E-state index contributed by atoms with van der Waals surface area (Å²) in [6.45, 7) is 1.80. The van der Waals surface area contributed by atoms with Gasteiger partial charge in [0.15, 0.2) is 0 Å². The number of benzene rings is 1. The number of aryl methyl sites for hydroxylation is 1. The first-order valence-electron chi connectivity index (χ1n) is 5.44. The van der Waals surface area contributed by atoms with Crippen LogP contribution in [0.4, 0.5) is 26.2 Å². The Morgan fingerprint density at radius 2 is 1.84 bits per heavy atom. The minimum absolute atomic E-state index is 0.133. The Hall–Kier alpha value is -1.76. The van der Waals surface area contributed by atoms with Gasteiger partial charge in [0.05, 0.1) is 10.2 Å². The third-order valence-electron chi connectivity index (χ3n) is 2.35. The molecule has 1 aromatic carbocycles. The molecule has 4 nitrogen and oxygen atoms in total. The quantitative estimate of drug-likeness (QED) is 0.845. The summed E-state index contributed by atoms with van der Waals surface area (Å²) < 4.78 is 26.9. The van der Waals surface area contributed by atoms with E-state index in [-0.39, 0.29) is 10.2 Å². The highest BCUT2D eigenvalue weighted by molar-refractivity contribution is 9.10. The van der Waals surface area contributed by atoms with Gasteiger partial charge in [-0.05, 0) is 28.9 Å². The fourth-order valence-corrected chi connectivity index (χ4v) is 1.84. The van der Waals surface area contributed by atoms with Gasteiger partial charge < -0.3 is 10.6 Å². The van der Waals surface area contributed by atoms with Crippen molar-refractivity contribution in [2.45, 2.75) is 6.92 Å². The van der Waals surface area contributed by atoms with Crippen LogP contribution < -0.4 is 10.6 Å². The van der Waals surface area contributed by atoms with Crippen LogP contribution in [0.2, 0.25) is 0 Å². The lowest BCUT2D eigenvalue weighted by Crippen LogP contribution is -2.03. The van der Waals surface area contributed by atoms with E-state index in [4.69, 9.17) is 0 Å². The predicted molar refractivity (Wildman–Crippen MR) is 73.7 cm³/mol. The highest BCUT2D eigenvalue weighted by Gasteiger charge is 2.09. The maximum absolute atomic E-state index is 13.6. The Balaban J connectivity index is 2.36. The van der Waals surface area contributed by atoms with Gasteiger partial charge in [-0.2, -0.15) is 4.98 Å². The molecule has 0 saturated heterocycles. The molecule has 7 heteroatoms. The van der Waals surface area contributed by atoms with Gasteiger partial charge in [-0.1, -0.05) is 0 Å². The summed E-state index contributed by atoms with van der Waals surface area (Å²) in [5, 5.41) is 5.60. The number of rotatable bonds is 3. The first kappa shape index (κ1) is 13.7. The molecule has 1 aromatic heterocycles. The number of nitrogens with zero attached hydrogens (tertiary/aromatic N) is 2. The van der Waals surface area contributed by atoms with Gasteiger partial charge in [0.25, 0.3) is 0 Å². The van der Waals surface area contributed by atoms with Crippen molar-refractivity contribution in [3.8, 4) is 0 Å². The third-order valence-corrected chi connectivity index (χ3v) is 2.96. The molecule has 0 aliphatic carbocycles. The van der Waals surface area contributed by atoms with Crippen LogP contribution >= 0.6 is 15.9 Å². The highest BCUT2D eigenvalue weighted by Crippen LogP contribution is 2.26. The number of halogens is 3. The summed E-state index contributed by atoms with van der Waals surface area (Å²) in [4.78, 5) is 8.25. The van der Waals surface area contributed by atoms with Gasteiger partial charge in [-0.15, -0.1) is 0 Å². The number of nitrogens with one attached hydrogen (secondary N) is 2. The van der Waals surface area contributed by atoms with Crippen molar-refractivity contribution in [1.82, 2.24) is 9.97 Å². The van der Waals surface area contributed by atoms with Crippen LogP contribution in [-0.2, 0) is 0 Å². The van der Waals surface area contributed by atoms with Gasteiger partial charge >= 0.3 is 0 Å². The summed E-state index contributed by atoms with van der Waals surface area (Å²) >= 11 is 3.01. The molecular weight excluding hydrogens is 318 g/mol. The molecule has 1 heterocycles. The number of hydrogen-bond acceptors (Lipinski definition) is 4. The molecule has 0 aliphatic heterocycles. The molecule has 0 unspecified atom stereocenters. The molecule has 2 N–H and O–H groups in total. The minimum Gasteiger partial charge on any atom is -0.357 e. The highest BCUT2D eigenvalue weighted by atomic mass is 79.9. The third kappa shape index (κ3) is 3.17. The Morgan fingerprint density at radius 1 is 1.11 bits per heavy atom. The maximum atomic E-state index is 13.6. The van der Waals surface area contributed by atoms with Crippen molar-refractivity contribution in [3.05, 3.63) is 40.0 Å². The van der Waals surface area contributed by atoms with Crippen LogP contribution in [0.25, 0.3) is 0 Å². The van der Waals surface area contributed by atoms with Crippen molar-refractivity contribution in [1.29, 1.82) is 0 Å². The second kappa shape index (κ2) is 5.48. The average molecular weight is 329 g/mol. The summed E-state index contributed by atoms with van der Waals surface area (Å²) in [6.07, 6.45) is 0. The van der Waals surface area contributed by atoms with E-state index in [2.05, 4.69) is 36.5 Å². The molecule has 0 bridgehead atoms. The summed E-state index contributed by atoms with van der Waals surface area (Å²) in [5.41, 5.74) is 0.858. The van der Waals surface area contributed by atoms with E-state index in [1.165, 1.54) is 6.07 Å². The van der Waals surface area contributed by atoms with Crippen LogP contribution in [0.15, 0.2) is 22.7 Å². The lowest BCUT2D eigenvalue weighted by Gasteiger charge is -2.09. The van der Waals surface area contributed by atoms with E-state index in [1.807, 2.05) is 0 Å². The van der Waals surface area contributed by atoms with Crippen molar-refractivity contribution in [2.24, 2.45) is 0 Å². The normalized spacial score (nSPS) is 10.4. The lowest BCUT2D eigenvalue weighted by atomic mass is 10.3. The standard InChI is InChI=1S/C12H11BrF2N4/c1-6-3-11(19-12(16-2)17-6)18-10-4-7(13)8(14)5-9(10)15/h3-5H,1-2H3,(H2,16,17,18,19). The van der Waals surface area contributed by atoms with E-state index in [1.54, 1.807) is 20.0 Å². The monoisotopic (exact) mass is 328 g/mol. The lowest BCUT2D eigenvalue weighted by molar-refractivity contribution is 0.581. The molecule has 0 aliphatic rings. The van der Waals surface area contributed by atoms with E-state index >= 15 is 0 Å². The van der Waals surface area contributed by atoms with E-state index in [0.717, 1.165) is 11.8 Å². The van der Waals surface area contributed by atoms with Crippen molar-refractivity contribution >= 4 is 33.4 Å². The number of anilines is 3. The molecule has 0 amide bonds. The average Bonchev–Trinajstić information content (AvgIpc) is 2.35. The van der Waals surface area contributed by atoms with Crippen molar-refractivity contribution < 1.29 is 8.78 Å². The van der Waals surface area contributed by atoms with Gasteiger partial charge in [-0.25, -0.2) is 13.8 Å². The largest absolute Gasteiger partial charge is 0.357 e. The van der Waals surface area contributed by atoms with Crippen LogP contribution in [0.1, 0.15) is 5.69 Å². The van der Waals surface area contributed by atoms with E-state index in [0.29, 0.717) is 11.8 Å². The molecule has 19 heavy (non-hydrogen) atoms. The van der Waals surface area contributed by atoms with Crippen LogP contribution in [0.5, 0.6) is 0 Å². The minimum atomic E-state index is -0.692. The van der Waals surface area contributed by atoms with Gasteiger partial charge in [0.2, 0.25) is 5.95 Å². The van der Waals surface area contributed by atoms with Crippen molar-refractivity contribution in [2.75, 3.05) is 17.7 Å². The maximum Gasteiger partial charge on any atom is 0.224 e. The SMILES string of the molecule is CNc1nc(C)cc(Nc2cc(Br)c(F)cc2F)n1. The molecule has 100 valence electrons. The molecule has 0 fully saturated rings. The molecular formula is C12H11BrF2N4. The molecule has 0 atom stereocenters. The smallest absolute Gasteiger partial charge is 0.224 e. The zero-order valence-electron chi connectivity index (χ0n) is 10.3. The van der Waals surface area contributed by atoms with Gasteiger partial charge in [0, 0.05) is 24.9 Å². The zero-order valence-corrected chi connectivity index (χ0v) is 11.8. The zero-order chi connectivity index (χ0) is 14.0. The van der Waals surface area contributed by atoms with Crippen LogP contribution in [0.3, 0.4) is 0 Å². The van der Waals surface area contributed by atoms with Crippen LogP contribution in [0, 0.1) is 18.6 Å². The molecule has 0 saturated carbocycles. The Morgan fingerprint density at radius 3 is 2.53 bits per heavy atom. The Bertz CT molecular complexity index is 619. The van der Waals surface area contributed by atoms with E-state index in [9.17, 15) is 8.78 Å². The first-order valence-corrected chi connectivity index (χ1v) is 6.24. The topological polar surface area (TPSA) is 49.8 Å². The molecule has 0 spiro atoms.